The second kappa shape index (κ2) is 3.02. The van der Waals surface area contributed by atoms with Crippen LogP contribution in [0.5, 0.6) is 5.75 Å². The van der Waals surface area contributed by atoms with Crippen LogP contribution in [0, 0.1) is 0 Å². The molecule has 0 saturated heterocycles. The van der Waals surface area contributed by atoms with Gasteiger partial charge in [0.25, 0.3) is 0 Å². The Morgan fingerprint density at radius 1 is 1.27 bits per heavy atom. The molecule has 0 aliphatic rings. The number of phenolic OH excluding ortho intramolecular Hbond substituents is 1. The van der Waals surface area contributed by atoms with Crippen LogP contribution in [0.15, 0.2) is 29.2 Å². The second-order valence-electron chi connectivity index (χ2n) is 1.97. The van der Waals surface area contributed by atoms with Crippen LogP contribution in [-0.4, -0.2) is 9.66 Å². The first-order valence-electron chi connectivity index (χ1n) is 2.77. The molecule has 0 fully saturated rings. The fourth-order valence-corrected chi connectivity index (χ4v) is 1.79. The summed E-state index contributed by atoms with van der Waals surface area (Å²) in [7, 11) is -2.52. The molecule has 60 valence electrons. The van der Waals surface area contributed by atoms with E-state index in [0.29, 0.717) is 4.90 Å². The van der Waals surface area contributed by atoms with Gasteiger partial charge < -0.3 is 9.66 Å². The van der Waals surface area contributed by atoms with Gasteiger partial charge in [-0.25, -0.2) is 0 Å². The quantitative estimate of drug-likeness (QED) is 0.726. The van der Waals surface area contributed by atoms with Crippen molar-refractivity contribution >= 4 is 29.8 Å². The van der Waals surface area contributed by atoms with Crippen LogP contribution in [0.3, 0.4) is 0 Å². The Balaban J connectivity index is 3.28. The summed E-state index contributed by atoms with van der Waals surface area (Å²) < 4.78 is 9.22. The molecule has 0 bridgehead atoms. The summed E-state index contributed by atoms with van der Waals surface area (Å²) in [5, 5.41) is 8.99. The zero-order valence-electron chi connectivity index (χ0n) is 5.43. The van der Waals surface area contributed by atoms with E-state index in [9.17, 15) is 4.55 Å². The molecular weight excluding hydrogens is 200 g/mol. The third-order valence-corrected chi connectivity index (χ3v) is 3.12. The molecule has 0 unspecified atom stereocenters. The molecule has 0 heterocycles. The van der Waals surface area contributed by atoms with Gasteiger partial charge in [0.05, 0.1) is 0 Å². The van der Waals surface area contributed by atoms with Crippen molar-refractivity contribution in [3.8, 4) is 5.75 Å². The van der Waals surface area contributed by atoms with Crippen LogP contribution in [0.2, 0.25) is 0 Å². The first-order chi connectivity index (χ1) is 5.00. The molecule has 5 heteroatoms. The number of rotatable bonds is 1. The molecule has 0 atom stereocenters. The highest BCUT2D eigenvalue weighted by Crippen LogP contribution is 2.15. The largest absolute Gasteiger partial charge is 0.508 e. The Hall–Kier alpha value is -0.230. The van der Waals surface area contributed by atoms with Crippen molar-refractivity contribution in [3.05, 3.63) is 24.3 Å². The van der Waals surface area contributed by atoms with Crippen molar-refractivity contribution in [1.82, 2.24) is 0 Å². The predicted molar refractivity (Wildman–Crippen MR) is 51.1 cm³/mol. The van der Waals surface area contributed by atoms with Crippen molar-refractivity contribution in [2.24, 2.45) is 0 Å². The van der Waals surface area contributed by atoms with Gasteiger partial charge >= 0.3 is 0 Å². The molecule has 1 rings (SSSR count). The molecule has 0 aromatic heterocycles. The SMILES string of the molecule is Oc1cccc(S(O)(=S)=S)c1. The lowest BCUT2D eigenvalue weighted by molar-refractivity contribution is 0.473. The van der Waals surface area contributed by atoms with E-state index in [2.05, 4.69) is 22.4 Å². The number of benzene rings is 1. The van der Waals surface area contributed by atoms with Crippen molar-refractivity contribution in [2.75, 3.05) is 0 Å². The zero-order valence-corrected chi connectivity index (χ0v) is 7.88. The molecular formula is C6H6O2S3. The van der Waals surface area contributed by atoms with E-state index >= 15 is 0 Å². The van der Waals surface area contributed by atoms with Gasteiger partial charge in [-0.05, 0) is 40.6 Å². The molecule has 0 spiro atoms. The van der Waals surface area contributed by atoms with E-state index < -0.39 is 7.43 Å². The Kier molecular flexibility index (Phi) is 2.43. The van der Waals surface area contributed by atoms with Gasteiger partial charge in [0.1, 0.15) is 5.75 Å². The van der Waals surface area contributed by atoms with Gasteiger partial charge in [0.2, 0.25) is 0 Å². The Bertz CT molecular complexity index is 356. The third kappa shape index (κ3) is 2.37. The summed E-state index contributed by atoms with van der Waals surface area (Å²) in [5.41, 5.74) is 0. The number of phenols is 1. The highest BCUT2D eigenvalue weighted by atomic mass is 33.1. The van der Waals surface area contributed by atoms with E-state index in [4.69, 9.17) is 5.11 Å². The average molecular weight is 206 g/mol. The Morgan fingerprint density at radius 2 is 1.91 bits per heavy atom. The topological polar surface area (TPSA) is 40.5 Å². The summed E-state index contributed by atoms with van der Waals surface area (Å²) in [4.78, 5) is 0.433. The van der Waals surface area contributed by atoms with Gasteiger partial charge in [-0.1, -0.05) is 6.07 Å². The molecule has 0 radical (unpaired) electrons. The summed E-state index contributed by atoms with van der Waals surface area (Å²) in [6.07, 6.45) is 0. The Morgan fingerprint density at radius 3 is 2.27 bits per heavy atom. The molecule has 2 nitrogen and oxygen atoms in total. The molecule has 11 heavy (non-hydrogen) atoms. The summed E-state index contributed by atoms with van der Waals surface area (Å²) in [6, 6.07) is 6.09. The minimum Gasteiger partial charge on any atom is -0.508 e. The maximum Gasteiger partial charge on any atom is 0.116 e. The smallest absolute Gasteiger partial charge is 0.116 e. The van der Waals surface area contributed by atoms with Crippen LogP contribution in [0.1, 0.15) is 0 Å². The van der Waals surface area contributed by atoms with Crippen LogP contribution >= 0.6 is 0 Å². The molecule has 0 amide bonds. The summed E-state index contributed by atoms with van der Waals surface area (Å²) in [6.45, 7) is 0. The molecule has 0 saturated carbocycles. The van der Waals surface area contributed by atoms with Crippen molar-refractivity contribution < 1.29 is 9.66 Å². The maximum atomic E-state index is 9.22. The fourth-order valence-electron chi connectivity index (χ4n) is 0.644. The van der Waals surface area contributed by atoms with Gasteiger partial charge in [-0.15, -0.1) is 0 Å². The Labute approximate surface area is 74.5 Å². The molecule has 2 N–H and O–H groups in total. The predicted octanol–water partition coefficient (Wildman–Crippen LogP) is 1.30. The third-order valence-electron chi connectivity index (χ3n) is 1.12. The number of hydrogen-bond donors (Lipinski definition) is 2. The normalized spacial score (nSPS) is 11.4. The second-order valence-corrected chi connectivity index (χ2v) is 6.92. The number of aromatic hydroxyl groups is 1. The molecule has 0 aliphatic heterocycles. The van der Waals surface area contributed by atoms with Crippen molar-refractivity contribution in [1.29, 1.82) is 0 Å². The molecule has 1 aromatic carbocycles. The first kappa shape index (κ1) is 8.86. The van der Waals surface area contributed by atoms with Gasteiger partial charge in [-0.3, -0.25) is 0 Å². The standard InChI is InChI=1S/C6H6O2S3/c7-5-2-1-3-6(4-5)11(8,9)10/h1-4,7H,(H,8,9,10). The molecule has 0 aliphatic carbocycles. The van der Waals surface area contributed by atoms with E-state index in [1.807, 2.05) is 0 Å². The lowest BCUT2D eigenvalue weighted by atomic mass is 10.3. The summed E-state index contributed by atoms with van der Waals surface area (Å²) in [5.74, 6) is 0.0723. The molecule has 1 aromatic rings. The maximum absolute atomic E-state index is 9.22. The fraction of sp³-hybridized carbons (Fsp3) is 0. The van der Waals surface area contributed by atoms with Crippen LogP contribution in [-0.2, 0) is 29.8 Å². The van der Waals surface area contributed by atoms with Crippen LogP contribution < -0.4 is 0 Å². The van der Waals surface area contributed by atoms with Gasteiger partial charge in [0, 0.05) is 12.3 Å². The first-order valence-corrected chi connectivity index (χ1v) is 6.21. The van der Waals surface area contributed by atoms with E-state index in [1.165, 1.54) is 12.1 Å². The van der Waals surface area contributed by atoms with Crippen LogP contribution in [0.25, 0.3) is 0 Å². The number of hydrogen-bond acceptors (Lipinski definition) is 3. The van der Waals surface area contributed by atoms with Crippen molar-refractivity contribution in [2.45, 2.75) is 4.90 Å². The van der Waals surface area contributed by atoms with Crippen LogP contribution in [0.4, 0.5) is 0 Å². The van der Waals surface area contributed by atoms with Gasteiger partial charge in [0.15, 0.2) is 0 Å². The zero-order chi connectivity index (χ0) is 8.48. The minimum atomic E-state index is -2.52. The monoisotopic (exact) mass is 206 g/mol. The lowest BCUT2D eigenvalue weighted by Gasteiger charge is -2.01. The van der Waals surface area contributed by atoms with Gasteiger partial charge in [-0.2, -0.15) is 0 Å². The van der Waals surface area contributed by atoms with E-state index in [0.717, 1.165) is 0 Å². The highest BCUT2D eigenvalue weighted by Gasteiger charge is 2.00. The van der Waals surface area contributed by atoms with E-state index in [1.54, 1.807) is 12.1 Å². The van der Waals surface area contributed by atoms with Crippen molar-refractivity contribution in [3.63, 3.8) is 0 Å². The van der Waals surface area contributed by atoms with E-state index in [-0.39, 0.29) is 5.75 Å². The lowest BCUT2D eigenvalue weighted by Crippen LogP contribution is -1.92. The minimum absolute atomic E-state index is 0.0723. The highest BCUT2D eigenvalue weighted by molar-refractivity contribution is 8.53. The summed E-state index contributed by atoms with van der Waals surface area (Å²) >= 11 is 9.31. The average Bonchev–Trinajstić information content (AvgIpc) is 1.86.